The number of phenols is 1. The molecule has 0 saturated carbocycles. The van der Waals surface area contributed by atoms with Crippen LogP contribution in [-0.2, 0) is 16.0 Å². The normalized spacial score (nSPS) is 11.9. The molecule has 1 atom stereocenters. The van der Waals surface area contributed by atoms with Gasteiger partial charge in [0.2, 0.25) is 0 Å². The van der Waals surface area contributed by atoms with Crippen molar-refractivity contribution in [2.75, 3.05) is 6.61 Å². The van der Waals surface area contributed by atoms with Crippen molar-refractivity contribution in [2.45, 2.75) is 19.4 Å². The van der Waals surface area contributed by atoms with Crippen LogP contribution in [0.5, 0.6) is 5.75 Å². The predicted octanol–water partition coefficient (Wildman–Crippen LogP) is 1.73. The van der Waals surface area contributed by atoms with E-state index >= 15 is 0 Å². The second kappa shape index (κ2) is 6.45. The summed E-state index contributed by atoms with van der Waals surface area (Å²) in [6, 6.07) is 4.35. The summed E-state index contributed by atoms with van der Waals surface area (Å²) in [7, 11) is 0. The van der Waals surface area contributed by atoms with E-state index in [4.69, 9.17) is 10.5 Å². The van der Waals surface area contributed by atoms with Crippen molar-refractivity contribution in [2.24, 2.45) is 5.73 Å². The van der Waals surface area contributed by atoms with Crippen LogP contribution in [0.1, 0.15) is 12.5 Å². The highest BCUT2D eigenvalue weighted by molar-refractivity contribution is 5.86. The molecule has 0 radical (unpaired) electrons. The van der Waals surface area contributed by atoms with Crippen LogP contribution in [0.3, 0.4) is 0 Å². The number of hydrogen-bond acceptors (Lipinski definition) is 4. The number of ether oxygens (including phenoxy) is 1. The average molecular weight is 285 g/mol. The Balaban J connectivity index is 0.00000180. The number of carbonyl (C=O) groups is 1. The number of H-pyrrole nitrogens is 1. The van der Waals surface area contributed by atoms with E-state index < -0.39 is 12.0 Å². The molecule has 0 aliphatic heterocycles. The van der Waals surface area contributed by atoms with Crippen LogP contribution < -0.4 is 5.73 Å². The highest BCUT2D eigenvalue weighted by Crippen LogP contribution is 2.23. The summed E-state index contributed by atoms with van der Waals surface area (Å²) in [5.74, 6) is -0.222. The fraction of sp³-hybridized carbons (Fsp3) is 0.308. The Morgan fingerprint density at radius 1 is 1.53 bits per heavy atom. The Bertz CT molecular complexity index is 568. The zero-order valence-corrected chi connectivity index (χ0v) is 11.4. The van der Waals surface area contributed by atoms with E-state index in [9.17, 15) is 9.90 Å². The summed E-state index contributed by atoms with van der Waals surface area (Å²) in [6.45, 7) is 2.07. The number of esters is 1. The van der Waals surface area contributed by atoms with Crippen molar-refractivity contribution in [1.82, 2.24) is 4.98 Å². The molecule has 104 valence electrons. The van der Waals surface area contributed by atoms with Gasteiger partial charge in [0, 0.05) is 23.5 Å². The molecule has 0 saturated heterocycles. The third kappa shape index (κ3) is 3.39. The highest BCUT2D eigenvalue weighted by Gasteiger charge is 2.17. The van der Waals surface area contributed by atoms with Gasteiger partial charge in [-0.2, -0.15) is 0 Å². The van der Waals surface area contributed by atoms with E-state index in [0.717, 1.165) is 16.5 Å². The smallest absolute Gasteiger partial charge is 0.323 e. The predicted molar refractivity (Wildman–Crippen MR) is 75.5 cm³/mol. The fourth-order valence-electron chi connectivity index (χ4n) is 1.90. The topological polar surface area (TPSA) is 88.3 Å². The Kier molecular flexibility index (Phi) is 5.20. The molecule has 4 N–H and O–H groups in total. The lowest BCUT2D eigenvalue weighted by atomic mass is 10.1. The number of aromatic hydroxyl groups is 1. The van der Waals surface area contributed by atoms with Gasteiger partial charge < -0.3 is 20.6 Å². The minimum Gasteiger partial charge on any atom is -0.508 e. The van der Waals surface area contributed by atoms with Crippen LogP contribution >= 0.6 is 12.4 Å². The number of nitrogens with one attached hydrogen (secondary N) is 1. The molecule has 0 aliphatic carbocycles. The third-order valence-electron chi connectivity index (χ3n) is 2.78. The molecular weight excluding hydrogens is 268 g/mol. The number of benzene rings is 1. The quantitative estimate of drug-likeness (QED) is 0.746. The Morgan fingerprint density at radius 2 is 2.26 bits per heavy atom. The molecule has 0 unspecified atom stereocenters. The van der Waals surface area contributed by atoms with Crippen LogP contribution in [0.25, 0.3) is 10.9 Å². The first-order valence-electron chi connectivity index (χ1n) is 5.83. The Labute approximate surface area is 117 Å². The lowest BCUT2D eigenvalue weighted by Gasteiger charge is -2.09. The van der Waals surface area contributed by atoms with Crippen molar-refractivity contribution < 1.29 is 14.6 Å². The average Bonchev–Trinajstić information content (AvgIpc) is 2.72. The minimum atomic E-state index is -0.689. The molecule has 1 aromatic carbocycles. The fourth-order valence-corrected chi connectivity index (χ4v) is 1.90. The summed E-state index contributed by atoms with van der Waals surface area (Å²) < 4.78 is 4.86. The zero-order valence-electron chi connectivity index (χ0n) is 10.6. The van der Waals surface area contributed by atoms with Gasteiger partial charge in [0.25, 0.3) is 0 Å². The van der Waals surface area contributed by atoms with Crippen molar-refractivity contribution >= 4 is 29.3 Å². The number of halogens is 1. The molecular formula is C13H17ClN2O3. The summed E-state index contributed by atoms with van der Waals surface area (Å²) in [5.41, 5.74) is 7.56. The van der Waals surface area contributed by atoms with Crippen molar-refractivity contribution in [1.29, 1.82) is 0 Å². The summed E-state index contributed by atoms with van der Waals surface area (Å²) >= 11 is 0. The van der Waals surface area contributed by atoms with Gasteiger partial charge in [0.05, 0.1) is 6.61 Å². The molecule has 1 heterocycles. The second-order valence-corrected chi connectivity index (χ2v) is 4.11. The van der Waals surface area contributed by atoms with Gasteiger partial charge >= 0.3 is 5.97 Å². The lowest BCUT2D eigenvalue weighted by molar-refractivity contribution is -0.144. The molecule has 6 heteroatoms. The second-order valence-electron chi connectivity index (χ2n) is 4.11. The maximum Gasteiger partial charge on any atom is 0.323 e. The first-order valence-corrected chi connectivity index (χ1v) is 5.83. The van der Waals surface area contributed by atoms with Gasteiger partial charge in [-0.25, -0.2) is 0 Å². The van der Waals surface area contributed by atoms with Gasteiger partial charge in [-0.1, -0.05) is 0 Å². The van der Waals surface area contributed by atoms with Crippen molar-refractivity contribution in [3.8, 4) is 5.75 Å². The molecule has 2 aromatic rings. The van der Waals surface area contributed by atoms with Crippen LogP contribution in [0.2, 0.25) is 0 Å². The van der Waals surface area contributed by atoms with E-state index in [1.807, 2.05) is 0 Å². The van der Waals surface area contributed by atoms with Gasteiger partial charge in [-0.15, -0.1) is 12.4 Å². The van der Waals surface area contributed by atoms with Gasteiger partial charge in [0.15, 0.2) is 0 Å². The number of aromatic nitrogens is 1. The number of hydrogen-bond donors (Lipinski definition) is 3. The van der Waals surface area contributed by atoms with E-state index in [1.165, 1.54) is 0 Å². The van der Waals surface area contributed by atoms with Gasteiger partial charge in [0.1, 0.15) is 11.8 Å². The van der Waals surface area contributed by atoms with Crippen LogP contribution in [0, 0.1) is 0 Å². The summed E-state index contributed by atoms with van der Waals surface area (Å²) in [6.07, 6.45) is 2.17. The van der Waals surface area contributed by atoms with E-state index in [2.05, 4.69) is 4.98 Å². The van der Waals surface area contributed by atoms with Crippen LogP contribution in [0.4, 0.5) is 0 Å². The highest BCUT2D eigenvalue weighted by atomic mass is 35.5. The maximum atomic E-state index is 11.5. The zero-order chi connectivity index (χ0) is 13.1. The molecule has 1 aromatic heterocycles. The molecule has 0 fully saturated rings. The molecule has 0 bridgehead atoms. The number of nitrogens with two attached hydrogens (primary N) is 1. The first-order chi connectivity index (χ1) is 8.61. The molecule has 0 spiro atoms. The number of fused-ring (bicyclic) bond motifs is 1. The third-order valence-corrected chi connectivity index (χ3v) is 2.78. The minimum absolute atomic E-state index is 0. The largest absolute Gasteiger partial charge is 0.508 e. The molecule has 0 amide bonds. The van der Waals surface area contributed by atoms with E-state index in [-0.39, 0.29) is 18.2 Å². The van der Waals surface area contributed by atoms with Gasteiger partial charge in [-0.05, 0) is 30.7 Å². The SMILES string of the molecule is CCOC(=O)[C@@H](N)Cc1c[nH]c2ccc(O)cc12.Cl. The van der Waals surface area contributed by atoms with Gasteiger partial charge in [-0.3, -0.25) is 4.79 Å². The standard InChI is InChI=1S/C13H16N2O3.ClH/c1-2-18-13(17)11(14)5-8-7-15-12-4-3-9(16)6-10(8)12;/h3-4,6-7,11,15-16H,2,5,14H2,1H3;1H/t11-;/m0./s1. The molecule has 19 heavy (non-hydrogen) atoms. The number of aromatic amines is 1. The van der Waals surface area contributed by atoms with Crippen molar-refractivity contribution in [3.63, 3.8) is 0 Å². The van der Waals surface area contributed by atoms with Crippen molar-refractivity contribution in [3.05, 3.63) is 30.0 Å². The van der Waals surface area contributed by atoms with E-state index in [0.29, 0.717) is 13.0 Å². The number of carbonyl (C=O) groups excluding carboxylic acids is 1. The Hall–Kier alpha value is -1.72. The van der Waals surface area contributed by atoms with Crippen LogP contribution in [0.15, 0.2) is 24.4 Å². The first kappa shape index (κ1) is 15.3. The number of phenolic OH excluding ortho intramolecular Hbond substituents is 1. The lowest BCUT2D eigenvalue weighted by Crippen LogP contribution is -2.34. The monoisotopic (exact) mass is 284 g/mol. The van der Waals surface area contributed by atoms with Crippen LogP contribution in [-0.4, -0.2) is 28.7 Å². The maximum absolute atomic E-state index is 11.5. The molecule has 2 rings (SSSR count). The number of rotatable bonds is 4. The molecule has 0 aliphatic rings. The summed E-state index contributed by atoms with van der Waals surface area (Å²) in [4.78, 5) is 14.5. The summed E-state index contributed by atoms with van der Waals surface area (Å²) in [5, 5.41) is 10.3. The molecule has 5 nitrogen and oxygen atoms in total. The Morgan fingerprint density at radius 3 is 2.95 bits per heavy atom. The van der Waals surface area contributed by atoms with E-state index in [1.54, 1.807) is 31.3 Å².